The maximum Gasteiger partial charge on any atom is 0.225 e. The highest BCUT2D eigenvalue weighted by Crippen LogP contribution is 2.13. The molecular formula is C15H21BrN6. The largest absolute Gasteiger partial charge is 0.338 e. The lowest BCUT2D eigenvalue weighted by Gasteiger charge is -2.34. The van der Waals surface area contributed by atoms with Crippen LogP contribution in [-0.2, 0) is 6.54 Å². The zero-order valence-corrected chi connectivity index (χ0v) is 14.2. The number of hydrogen-bond donors (Lipinski definition) is 0. The van der Waals surface area contributed by atoms with E-state index < -0.39 is 0 Å². The monoisotopic (exact) mass is 364 g/mol. The smallest absolute Gasteiger partial charge is 0.225 e. The first kappa shape index (κ1) is 15.4. The Labute approximate surface area is 139 Å². The van der Waals surface area contributed by atoms with Crippen LogP contribution in [0, 0.1) is 0 Å². The molecule has 1 fully saturated rings. The minimum Gasteiger partial charge on any atom is -0.338 e. The summed E-state index contributed by atoms with van der Waals surface area (Å²) in [4.78, 5) is 13.5. The predicted octanol–water partition coefficient (Wildman–Crippen LogP) is 2.04. The second-order valence-electron chi connectivity index (χ2n) is 5.51. The Balaban J connectivity index is 1.35. The average Bonchev–Trinajstić information content (AvgIpc) is 3.06. The third-order valence-corrected chi connectivity index (χ3v) is 4.34. The van der Waals surface area contributed by atoms with Crippen molar-refractivity contribution in [3.8, 4) is 0 Å². The maximum absolute atomic E-state index is 4.37. The standard InChI is InChI=1S/C15H21BrN6/c16-14-12-17-15(18-13-14)21-10-8-20(9-11-21)5-1-2-6-22-7-3-4-19-22/h3-4,7,12-13H,1-2,5-6,8-11H2. The van der Waals surface area contributed by atoms with Gasteiger partial charge in [-0.25, -0.2) is 9.97 Å². The number of aryl methyl sites for hydroxylation is 1. The lowest BCUT2D eigenvalue weighted by Crippen LogP contribution is -2.47. The van der Waals surface area contributed by atoms with Gasteiger partial charge in [0.1, 0.15) is 0 Å². The summed E-state index contributed by atoms with van der Waals surface area (Å²) < 4.78 is 2.93. The molecule has 0 aromatic carbocycles. The molecule has 0 aliphatic carbocycles. The summed E-state index contributed by atoms with van der Waals surface area (Å²) in [6, 6.07) is 1.98. The van der Waals surface area contributed by atoms with Gasteiger partial charge in [-0.1, -0.05) is 0 Å². The molecule has 0 spiro atoms. The number of anilines is 1. The van der Waals surface area contributed by atoms with Crippen LogP contribution < -0.4 is 4.90 Å². The van der Waals surface area contributed by atoms with Gasteiger partial charge in [0.15, 0.2) is 0 Å². The molecule has 6 nitrogen and oxygen atoms in total. The van der Waals surface area contributed by atoms with Crippen LogP contribution in [0.4, 0.5) is 5.95 Å². The topological polar surface area (TPSA) is 50.1 Å². The molecule has 118 valence electrons. The summed E-state index contributed by atoms with van der Waals surface area (Å²) in [6.45, 7) is 6.35. The Morgan fingerprint density at radius 3 is 2.41 bits per heavy atom. The van der Waals surface area contributed by atoms with E-state index in [1.807, 2.05) is 35.5 Å². The van der Waals surface area contributed by atoms with Gasteiger partial charge in [-0.2, -0.15) is 5.10 Å². The molecule has 0 radical (unpaired) electrons. The molecule has 0 bridgehead atoms. The van der Waals surface area contributed by atoms with E-state index in [1.165, 1.54) is 12.8 Å². The van der Waals surface area contributed by atoms with E-state index in [0.29, 0.717) is 0 Å². The highest BCUT2D eigenvalue weighted by Gasteiger charge is 2.18. The van der Waals surface area contributed by atoms with Gasteiger partial charge in [-0.05, 0) is 41.4 Å². The van der Waals surface area contributed by atoms with Gasteiger partial charge in [0.05, 0.1) is 4.47 Å². The van der Waals surface area contributed by atoms with Gasteiger partial charge in [-0.15, -0.1) is 0 Å². The zero-order valence-electron chi connectivity index (χ0n) is 12.6. The van der Waals surface area contributed by atoms with Crippen LogP contribution in [0.2, 0.25) is 0 Å². The zero-order chi connectivity index (χ0) is 15.2. The van der Waals surface area contributed by atoms with Crippen LogP contribution in [0.25, 0.3) is 0 Å². The molecule has 0 amide bonds. The Bertz CT molecular complexity index is 548. The van der Waals surface area contributed by atoms with E-state index in [0.717, 1.165) is 49.7 Å². The third-order valence-electron chi connectivity index (χ3n) is 3.93. The van der Waals surface area contributed by atoms with E-state index >= 15 is 0 Å². The summed E-state index contributed by atoms with van der Waals surface area (Å²) in [6.07, 6.45) is 9.88. The first-order chi connectivity index (χ1) is 10.8. The van der Waals surface area contributed by atoms with Gasteiger partial charge >= 0.3 is 0 Å². The van der Waals surface area contributed by atoms with Crippen molar-refractivity contribution < 1.29 is 0 Å². The van der Waals surface area contributed by atoms with Crippen molar-refractivity contribution in [2.45, 2.75) is 19.4 Å². The van der Waals surface area contributed by atoms with Crippen LogP contribution >= 0.6 is 15.9 Å². The molecule has 0 N–H and O–H groups in total. The Morgan fingerprint density at radius 1 is 1.00 bits per heavy atom. The summed E-state index contributed by atoms with van der Waals surface area (Å²) in [5.41, 5.74) is 0. The minimum absolute atomic E-state index is 0.835. The second kappa shape index (κ2) is 7.69. The number of halogens is 1. The molecule has 2 aromatic rings. The fourth-order valence-electron chi connectivity index (χ4n) is 2.68. The van der Waals surface area contributed by atoms with Gasteiger partial charge < -0.3 is 4.90 Å². The average molecular weight is 365 g/mol. The van der Waals surface area contributed by atoms with E-state index in [2.05, 4.69) is 40.8 Å². The first-order valence-corrected chi connectivity index (χ1v) is 8.53. The van der Waals surface area contributed by atoms with Crippen molar-refractivity contribution in [3.63, 3.8) is 0 Å². The molecule has 1 aliphatic heterocycles. The Kier molecular flexibility index (Phi) is 5.39. The summed E-state index contributed by atoms with van der Waals surface area (Å²) >= 11 is 3.37. The molecule has 22 heavy (non-hydrogen) atoms. The molecule has 3 rings (SSSR count). The van der Waals surface area contributed by atoms with E-state index in [1.54, 1.807) is 0 Å². The van der Waals surface area contributed by atoms with Crippen molar-refractivity contribution in [1.82, 2.24) is 24.6 Å². The quantitative estimate of drug-likeness (QED) is 0.734. The summed E-state index contributed by atoms with van der Waals surface area (Å²) in [7, 11) is 0. The molecule has 2 aromatic heterocycles. The molecule has 1 aliphatic rings. The van der Waals surface area contributed by atoms with Crippen molar-refractivity contribution in [3.05, 3.63) is 35.3 Å². The van der Waals surface area contributed by atoms with Crippen molar-refractivity contribution in [2.24, 2.45) is 0 Å². The fourth-order valence-corrected chi connectivity index (χ4v) is 2.89. The molecule has 7 heteroatoms. The number of piperazine rings is 1. The Hall–Kier alpha value is -1.47. The van der Waals surface area contributed by atoms with Gasteiger partial charge in [-0.3, -0.25) is 9.58 Å². The number of unbranched alkanes of at least 4 members (excludes halogenated alkanes) is 1. The second-order valence-corrected chi connectivity index (χ2v) is 6.42. The maximum atomic E-state index is 4.37. The minimum atomic E-state index is 0.835. The third kappa shape index (κ3) is 4.27. The molecule has 0 saturated carbocycles. The van der Waals surface area contributed by atoms with Crippen LogP contribution in [0.15, 0.2) is 35.3 Å². The number of aromatic nitrogens is 4. The van der Waals surface area contributed by atoms with Crippen LogP contribution in [0.3, 0.4) is 0 Å². The van der Waals surface area contributed by atoms with Crippen LogP contribution in [-0.4, -0.2) is 57.4 Å². The van der Waals surface area contributed by atoms with Crippen molar-refractivity contribution in [1.29, 1.82) is 0 Å². The van der Waals surface area contributed by atoms with Gasteiger partial charge in [0.25, 0.3) is 0 Å². The first-order valence-electron chi connectivity index (χ1n) is 7.73. The van der Waals surface area contributed by atoms with E-state index in [9.17, 15) is 0 Å². The SMILES string of the molecule is Brc1cnc(N2CCN(CCCCn3cccn3)CC2)nc1. The number of hydrogen-bond acceptors (Lipinski definition) is 5. The molecule has 3 heterocycles. The summed E-state index contributed by atoms with van der Waals surface area (Å²) in [5.74, 6) is 0.835. The van der Waals surface area contributed by atoms with Crippen LogP contribution in [0.1, 0.15) is 12.8 Å². The van der Waals surface area contributed by atoms with Crippen molar-refractivity contribution in [2.75, 3.05) is 37.6 Å². The summed E-state index contributed by atoms with van der Waals surface area (Å²) in [5, 5.41) is 4.23. The highest BCUT2D eigenvalue weighted by atomic mass is 79.9. The normalized spacial score (nSPS) is 16.1. The molecule has 0 atom stereocenters. The number of rotatable bonds is 6. The lowest BCUT2D eigenvalue weighted by atomic mass is 10.2. The Morgan fingerprint density at radius 2 is 1.73 bits per heavy atom. The predicted molar refractivity (Wildman–Crippen MR) is 89.8 cm³/mol. The molecule has 1 saturated heterocycles. The lowest BCUT2D eigenvalue weighted by molar-refractivity contribution is 0.249. The fraction of sp³-hybridized carbons (Fsp3) is 0.533. The van der Waals surface area contributed by atoms with Crippen LogP contribution in [0.5, 0.6) is 0 Å². The highest BCUT2D eigenvalue weighted by molar-refractivity contribution is 9.10. The van der Waals surface area contributed by atoms with E-state index in [-0.39, 0.29) is 0 Å². The van der Waals surface area contributed by atoms with Gasteiger partial charge in [0.2, 0.25) is 5.95 Å². The molecule has 0 unspecified atom stereocenters. The molecular weight excluding hydrogens is 344 g/mol. The number of nitrogens with zero attached hydrogens (tertiary/aromatic N) is 6. The van der Waals surface area contributed by atoms with Gasteiger partial charge in [0, 0.05) is 57.5 Å². The van der Waals surface area contributed by atoms with Crippen molar-refractivity contribution >= 4 is 21.9 Å². The van der Waals surface area contributed by atoms with E-state index in [4.69, 9.17) is 0 Å².